The van der Waals surface area contributed by atoms with Crippen molar-refractivity contribution in [1.29, 1.82) is 0 Å². The van der Waals surface area contributed by atoms with E-state index < -0.39 is 0 Å². The molecular weight excluding hydrogens is 422 g/mol. The van der Waals surface area contributed by atoms with Crippen LogP contribution in [0.25, 0.3) is 16.7 Å². The van der Waals surface area contributed by atoms with Gasteiger partial charge < -0.3 is 0 Å². The first kappa shape index (κ1) is 15.0. The normalized spacial score (nSPS) is 11.3. The molecule has 0 spiro atoms. The second kappa shape index (κ2) is 5.71. The zero-order valence-corrected chi connectivity index (χ0v) is 14.9. The van der Waals surface area contributed by atoms with Gasteiger partial charge in [0.2, 0.25) is 0 Å². The summed E-state index contributed by atoms with van der Waals surface area (Å²) in [5.74, 6) is 0.633. The molecule has 0 aliphatic carbocycles. The lowest BCUT2D eigenvalue weighted by Gasteiger charge is -2.12. The van der Waals surface area contributed by atoms with Crippen molar-refractivity contribution in [3.05, 3.63) is 56.5 Å². The van der Waals surface area contributed by atoms with Gasteiger partial charge in [0.05, 0.1) is 27.1 Å². The number of benzene rings is 2. The molecule has 2 nitrogen and oxygen atoms in total. The van der Waals surface area contributed by atoms with Crippen molar-refractivity contribution in [3.8, 4) is 5.69 Å². The van der Waals surface area contributed by atoms with E-state index in [1.807, 2.05) is 29.7 Å². The number of aromatic nitrogens is 2. The van der Waals surface area contributed by atoms with Crippen molar-refractivity contribution in [1.82, 2.24) is 9.55 Å². The van der Waals surface area contributed by atoms with Gasteiger partial charge in [-0.05, 0) is 58.7 Å². The third-order valence-corrected chi connectivity index (χ3v) is 4.63. The smallest absolute Gasteiger partial charge is 0.139 e. The van der Waals surface area contributed by atoms with Gasteiger partial charge in [-0.15, -0.1) is 11.6 Å². The van der Waals surface area contributed by atoms with Gasteiger partial charge in [-0.2, -0.15) is 0 Å². The lowest BCUT2D eigenvalue weighted by molar-refractivity contribution is 0.619. The molecule has 108 valence electrons. The van der Waals surface area contributed by atoms with Crippen molar-refractivity contribution < 1.29 is 4.39 Å². The molecule has 1 heterocycles. The van der Waals surface area contributed by atoms with Crippen molar-refractivity contribution in [2.75, 3.05) is 0 Å². The van der Waals surface area contributed by atoms with Crippen LogP contribution >= 0.6 is 43.5 Å². The predicted molar refractivity (Wildman–Crippen MR) is 90.7 cm³/mol. The number of rotatable bonds is 2. The highest BCUT2D eigenvalue weighted by Gasteiger charge is 2.15. The number of fused-ring (bicyclic) bond motifs is 1. The van der Waals surface area contributed by atoms with Crippen LogP contribution in [0.3, 0.4) is 0 Å². The van der Waals surface area contributed by atoms with Crippen LogP contribution < -0.4 is 0 Å². The fourth-order valence-corrected chi connectivity index (χ4v) is 3.32. The summed E-state index contributed by atoms with van der Waals surface area (Å²) in [5, 5.41) is 0. The molecule has 6 heteroatoms. The summed E-state index contributed by atoms with van der Waals surface area (Å²) < 4.78 is 17.2. The van der Waals surface area contributed by atoms with Crippen LogP contribution in [-0.2, 0) is 5.88 Å². The standard InChI is InChI=1S/C15H10Br2ClFN2/c1-8-4-10(17)11(19)6-14(8)21-13-3-2-9(16)5-12(13)20-15(21)7-18/h2-6H,7H2,1H3. The minimum atomic E-state index is -0.310. The Kier molecular flexibility index (Phi) is 4.08. The molecule has 0 bridgehead atoms. The predicted octanol–water partition coefficient (Wildman–Crippen LogP) is 5.74. The fraction of sp³-hybridized carbons (Fsp3) is 0.133. The summed E-state index contributed by atoms with van der Waals surface area (Å²) in [6, 6.07) is 9.06. The molecular formula is C15H10Br2ClFN2. The third kappa shape index (κ3) is 2.62. The summed E-state index contributed by atoms with van der Waals surface area (Å²) in [4.78, 5) is 4.53. The maximum absolute atomic E-state index is 13.9. The lowest BCUT2D eigenvalue weighted by atomic mass is 10.2. The average molecular weight is 433 g/mol. The Morgan fingerprint density at radius 2 is 2.00 bits per heavy atom. The number of alkyl halides is 1. The van der Waals surface area contributed by atoms with Crippen LogP contribution in [-0.4, -0.2) is 9.55 Å². The molecule has 0 saturated heterocycles. The second-order valence-electron chi connectivity index (χ2n) is 4.68. The van der Waals surface area contributed by atoms with Crippen LogP contribution in [0.2, 0.25) is 0 Å². The first-order valence-electron chi connectivity index (χ1n) is 6.20. The summed E-state index contributed by atoms with van der Waals surface area (Å²) >= 11 is 12.7. The van der Waals surface area contributed by atoms with Gasteiger partial charge in [-0.1, -0.05) is 15.9 Å². The van der Waals surface area contributed by atoms with E-state index in [4.69, 9.17) is 11.6 Å². The molecule has 0 aliphatic heterocycles. The molecule has 0 saturated carbocycles. The maximum atomic E-state index is 13.9. The second-order valence-corrected chi connectivity index (χ2v) is 6.72. The molecule has 21 heavy (non-hydrogen) atoms. The van der Waals surface area contributed by atoms with E-state index in [-0.39, 0.29) is 11.7 Å². The Hall–Kier alpha value is -0.910. The topological polar surface area (TPSA) is 17.8 Å². The van der Waals surface area contributed by atoms with E-state index in [2.05, 4.69) is 36.8 Å². The summed E-state index contributed by atoms with van der Waals surface area (Å²) in [5.41, 5.74) is 3.41. The zero-order valence-electron chi connectivity index (χ0n) is 11.0. The van der Waals surface area contributed by atoms with Crippen molar-refractivity contribution in [2.45, 2.75) is 12.8 Å². The van der Waals surface area contributed by atoms with E-state index >= 15 is 0 Å². The van der Waals surface area contributed by atoms with E-state index in [0.717, 1.165) is 26.8 Å². The molecule has 2 aromatic carbocycles. The molecule has 0 radical (unpaired) electrons. The molecule has 3 aromatic rings. The summed E-state index contributed by atoms with van der Waals surface area (Å²) in [6.07, 6.45) is 0. The van der Waals surface area contributed by atoms with Crippen LogP contribution in [0.15, 0.2) is 39.3 Å². The lowest BCUT2D eigenvalue weighted by Crippen LogP contribution is -2.02. The Morgan fingerprint density at radius 3 is 2.71 bits per heavy atom. The molecule has 0 aliphatic rings. The maximum Gasteiger partial charge on any atom is 0.139 e. The highest BCUT2D eigenvalue weighted by molar-refractivity contribution is 9.10. The van der Waals surface area contributed by atoms with Gasteiger partial charge in [-0.3, -0.25) is 4.57 Å². The highest BCUT2D eigenvalue weighted by atomic mass is 79.9. The molecule has 1 aromatic heterocycles. The minimum absolute atomic E-state index is 0.253. The van der Waals surface area contributed by atoms with Gasteiger partial charge in [0.15, 0.2) is 0 Å². The van der Waals surface area contributed by atoms with Gasteiger partial charge >= 0.3 is 0 Å². The summed E-state index contributed by atoms with van der Waals surface area (Å²) in [6.45, 7) is 1.93. The number of hydrogen-bond acceptors (Lipinski definition) is 1. The number of imidazole rings is 1. The first-order chi connectivity index (χ1) is 10.0. The third-order valence-electron chi connectivity index (χ3n) is 3.29. The fourth-order valence-electron chi connectivity index (χ4n) is 2.34. The number of halogens is 4. The number of aryl methyl sites for hydroxylation is 1. The van der Waals surface area contributed by atoms with E-state index in [1.54, 1.807) is 6.07 Å². The molecule has 3 rings (SSSR count). The van der Waals surface area contributed by atoms with Crippen molar-refractivity contribution in [2.24, 2.45) is 0 Å². The van der Waals surface area contributed by atoms with Crippen LogP contribution in [0.5, 0.6) is 0 Å². The molecule has 0 unspecified atom stereocenters. The van der Waals surface area contributed by atoms with Gasteiger partial charge in [0.25, 0.3) is 0 Å². The Bertz CT molecular complexity index is 845. The number of hydrogen-bond donors (Lipinski definition) is 0. The zero-order chi connectivity index (χ0) is 15.1. The Balaban J connectivity index is 2.36. The van der Waals surface area contributed by atoms with Gasteiger partial charge in [-0.25, -0.2) is 9.37 Å². The van der Waals surface area contributed by atoms with Crippen LogP contribution in [0.4, 0.5) is 4.39 Å². The molecule has 0 amide bonds. The van der Waals surface area contributed by atoms with Crippen LogP contribution in [0, 0.1) is 12.7 Å². The monoisotopic (exact) mass is 430 g/mol. The number of nitrogens with zero attached hydrogens (tertiary/aromatic N) is 2. The summed E-state index contributed by atoms with van der Waals surface area (Å²) in [7, 11) is 0. The Labute approximate surface area is 143 Å². The molecule has 0 N–H and O–H groups in total. The van der Waals surface area contributed by atoms with Gasteiger partial charge in [0.1, 0.15) is 11.6 Å². The van der Waals surface area contributed by atoms with E-state index in [1.165, 1.54) is 6.07 Å². The highest BCUT2D eigenvalue weighted by Crippen LogP contribution is 2.29. The molecule has 0 fully saturated rings. The minimum Gasteiger partial charge on any atom is -0.295 e. The van der Waals surface area contributed by atoms with Crippen molar-refractivity contribution in [3.63, 3.8) is 0 Å². The van der Waals surface area contributed by atoms with Crippen molar-refractivity contribution >= 4 is 54.5 Å². The Morgan fingerprint density at radius 1 is 1.24 bits per heavy atom. The SMILES string of the molecule is Cc1cc(Br)c(F)cc1-n1c(CCl)nc2cc(Br)ccc21. The largest absolute Gasteiger partial charge is 0.295 e. The molecule has 0 atom stereocenters. The van der Waals surface area contributed by atoms with E-state index in [9.17, 15) is 4.39 Å². The quantitative estimate of drug-likeness (QED) is 0.473. The van der Waals surface area contributed by atoms with Gasteiger partial charge in [0, 0.05) is 4.47 Å². The average Bonchev–Trinajstić information content (AvgIpc) is 2.80. The first-order valence-corrected chi connectivity index (χ1v) is 8.32. The van der Waals surface area contributed by atoms with Crippen LogP contribution in [0.1, 0.15) is 11.4 Å². The van der Waals surface area contributed by atoms with E-state index in [0.29, 0.717) is 10.3 Å².